The molecule has 0 spiro atoms. The maximum Gasteiger partial charge on any atom is 0.162 e. The number of aliphatic hydroxyl groups excluding tert-OH is 1. The first kappa shape index (κ1) is 11.2. The topological polar surface area (TPSA) is 85.4 Å². The van der Waals surface area contributed by atoms with Crippen molar-refractivity contribution in [1.29, 1.82) is 5.26 Å². The van der Waals surface area contributed by atoms with Crippen molar-refractivity contribution in [3.05, 3.63) is 30.4 Å². The first-order chi connectivity index (χ1) is 8.31. The van der Waals surface area contributed by atoms with Gasteiger partial charge in [0, 0.05) is 18.0 Å². The summed E-state index contributed by atoms with van der Waals surface area (Å²) in [5.74, 6) is 0.523. The van der Waals surface area contributed by atoms with Crippen LogP contribution in [0.5, 0.6) is 0 Å². The summed E-state index contributed by atoms with van der Waals surface area (Å²) in [6.45, 7) is 0.396. The third kappa shape index (κ3) is 2.65. The zero-order valence-corrected chi connectivity index (χ0v) is 9.06. The minimum Gasteiger partial charge on any atom is -0.369 e. The SMILES string of the molecule is N#CCCN1N=CC(c2ncccn2)=CC1O. The fraction of sp³-hybridized carbons (Fsp3) is 0.273. The van der Waals surface area contributed by atoms with Crippen LogP contribution >= 0.6 is 0 Å². The quantitative estimate of drug-likeness (QED) is 0.810. The van der Waals surface area contributed by atoms with Crippen molar-refractivity contribution in [3.63, 3.8) is 0 Å². The van der Waals surface area contributed by atoms with Crippen molar-refractivity contribution in [2.75, 3.05) is 6.54 Å². The Morgan fingerprint density at radius 2 is 2.18 bits per heavy atom. The van der Waals surface area contributed by atoms with Crippen molar-refractivity contribution < 1.29 is 5.11 Å². The van der Waals surface area contributed by atoms with Gasteiger partial charge in [0.15, 0.2) is 12.1 Å². The first-order valence-corrected chi connectivity index (χ1v) is 5.16. The average molecular weight is 229 g/mol. The molecule has 0 amide bonds. The smallest absolute Gasteiger partial charge is 0.162 e. The van der Waals surface area contributed by atoms with E-state index >= 15 is 0 Å². The number of nitrogens with zero attached hydrogens (tertiary/aromatic N) is 5. The van der Waals surface area contributed by atoms with Crippen molar-refractivity contribution in [2.45, 2.75) is 12.6 Å². The summed E-state index contributed by atoms with van der Waals surface area (Å²) in [7, 11) is 0. The van der Waals surface area contributed by atoms with Gasteiger partial charge in [0.2, 0.25) is 0 Å². The number of allylic oxidation sites excluding steroid dienone is 1. The normalized spacial score (nSPS) is 18.7. The largest absolute Gasteiger partial charge is 0.369 e. The second-order valence-corrected chi connectivity index (χ2v) is 3.42. The molecule has 1 N–H and O–H groups in total. The van der Waals surface area contributed by atoms with Crippen molar-refractivity contribution >= 4 is 11.8 Å². The molecule has 1 aromatic rings. The molecule has 0 bridgehead atoms. The van der Waals surface area contributed by atoms with Crippen LogP contribution in [0.4, 0.5) is 0 Å². The van der Waals surface area contributed by atoms with Gasteiger partial charge in [-0.2, -0.15) is 10.4 Å². The van der Waals surface area contributed by atoms with Crippen LogP contribution in [-0.4, -0.2) is 39.1 Å². The van der Waals surface area contributed by atoms with E-state index in [-0.39, 0.29) is 0 Å². The first-order valence-electron chi connectivity index (χ1n) is 5.16. The lowest BCUT2D eigenvalue weighted by Gasteiger charge is -2.25. The van der Waals surface area contributed by atoms with E-state index in [0.29, 0.717) is 24.4 Å². The molecule has 86 valence electrons. The molecule has 1 aliphatic heterocycles. The van der Waals surface area contributed by atoms with Gasteiger partial charge >= 0.3 is 0 Å². The van der Waals surface area contributed by atoms with Crippen molar-refractivity contribution in [2.24, 2.45) is 5.10 Å². The molecule has 0 radical (unpaired) electrons. The predicted octanol–water partition coefficient (Wildman–Crippen LogP) is 0.393. The zero-order valence-electron chi connectivity index (χ0n) is 9.06. The number of aromatic nitrogens is 2. The van der Waals surface area contributed by atoms with Crippen LogP contribution in [-0.2, 0) is 0 Å². The molecule has 6 heteroatoms. The molecule has 0 aromatic carbocycles. The summed E-state index contributed by atoms with van der Waals surface area (Å²) < 4.78 is 0. The lowest BCUT2D eigenvalue weighted by atomic mass is 10.2. The Morgan fingerprint density at radius 3 is 2.82 bits per heavy atom. The number of aliphatic hydroxyl groups is 1. The fourth-order valence-corrected chi connectivity index (χ4v) is 1.43. The molecule has 6 nitrogen and oxygen atoms in total. The van der Waals surface area contributed by atoms with E-state index in [4.69, 9.17) is 5.26 Å². The van der Waals surface area contributed by atoms with Gasteiger partial charge in [-0.25, -0.2) is 9.97 Å². The maximum absolute atomic E-state index is 9.80. The summed E-state index contributed by atoms with van der Waals surface area (Å²) in [6.07, 6.45) is 5.93. The molecular weight excluding hydrogens is 218 g/mol. The van der Waals surface area contributed by atoms with Gasteiger partial charge in [-0.1, -0.05) is 0 Å². The number of rotatable bonds is 3. The molecule has 1 aromatic heterocycles. The van der Waals surface area contributed by atoms with Crippen LogP contribution in [0.1, 0.15) is 12.2 Å². The Bertz CT molecular complexity index is 476. The Kier molecular flexibility index (Phi) is 3.43. The third-order valence-electron chi connectivity index (χ3n) is 2.26. The molecule has 1 aliphatic rings. The van der Waals surface area contributed by atoms with E-state index in [2.05, 4.69) is 15.1 Å². The average Bonchev–Trinajstić information content (AvgIpc) is 2.38. The van der Waals surface area contributed by atoms with Gasteiger partial charge in [0.05, 0.1) is 25.2 Å². The van der Waals surface area contributed by atoms with Crippen molar-refractivity contribution in [3.8, 4) is 6.07 Å². The summed E-state index contributed by atoms with van der Waals surface area (Å²) in [5, 5.41) is 23.8. The third-order valence-corrected chi connectivity index (χ3v) is 2.26. The summed E-state index contributed by atoms with van der Waals surface area (Å²) in [5.41, 5.74) is 0.673. The van der Waals surface area contributed by atoms with Crippen LogP contribution < -0.4 is 0 Å². The summed E-state index contributed by atoms with van der Waals surface area (Å²) >= 11 is 0. The molecule has 17 heavy (non-hydrogen) atoms. The van der Waals surface area contributed by atoms with Crippen LogP contribution in [0.2, 0.25) is 0 Å². The number of hydrogen-bond acceptors (Lipinski definition) is 6. The molecule has 0 saturated carbocycles. The molecule has 2 heterocycles. The minimum absolute atomic E-state index is 0.319. The monoisotopic (exact) mass is 229 g/mol. The van der Waals surface area contributed by atoms with Gasteiger partial charge in [-0.3, -0.25) is 5.01 Å². The Hall–Kier alpha value is -2.26. The van der Waals surface area contributed by atoms with E-state index in [9.17, 15) is 5.11 Å². The number of hydrogen-bond donors (Lipinski definition) is 1. The van der Waals surface area contributed by atoms with E-state index in [1.807, 2.05) is 6.07 Å². The number of nitriles is 1. The summed E-state index contributed by atoms with van der Waals surface area (Å²) in [6, 6.07) is 3.73. The maximum atomic E-state index is 9.80. The fourth-order valence-electron chi connectivity index (χ4n) is 1.43. The molecule has 2 rings (SSSR count). The molecule has 0 saturated heterocycles. The van der Waals surface area contributed by atoms with Crippen LogP contribution in [0.15, 0.2) is 29.6 Å². The Balaban J connectivity index is 2.11. The van der Waals surface area contributed by atoms with Crippen LogP contribution in [0.25, 0.3) is 5.57 Å². The van der Waals surface area contributed by atoms with Gasteiger partial charge in [-0.15, -0.1) is 0 Å². The highest BCUT2D eigenvalue weighted by Gasteiger charge is 2.17. The molecule has 1 atom stereocenters. The van der Waals surface area contributed by atoms with Crippen molar-refractivity contribution in [1.82, 2.24) is 15.0 Å². The van der Waals surface area contributed by atoms with Crippen LogP contribution in [0.3, 0.4) is 0 Å². The Morgan fingerprint density at radius 1 is 1.41 bits per heavy atom. The minimum atomic E-state index is -0.841. The lowest BCUT2D eigenvalue weighted by molar-refractivity contribution is 0.0449. The van der Waals surface area contributed by atoms with Gasteiger partial charge in [0.25, 0.3) is 0 Å². The number of hydrazone groups is 1. The standard InChI is InChI=1S/C11H11N5O/c12-3-1-6-16-10(17)7-9(8-15-16)11-13-4-2-5-14-11/h2,4-5,7-8,10,17H,1,6H2. The zero-order chi connectivity index (χ0) is 12.1. The lowest BCUT2D eigenvalue weighted by Crippen LogP contribution is -2.32. The van der Waals surface area contributed by atoms with E-state index in [0.717, 1.165) is 0 Å². The van der Waals surface area contributed by atoms with Crippen LogP contribution in [0, 0.1) is 11.3 Å². The predicted molar refractivity (Wildman–Crippen MR) is 61.4 cm³/mol. The van der Waals surface area contributed by atoms with Gasteiger partial charge < -0.3 is 5.11 Å². The molecular formula is C11H11N5O. The Labute approximate surface area is 98.5 Å². The highest BCUT2D eigenvalue weighted by atomic mass is 16.3. The second kappa shape index (κ2) is 5.18. The van der Waals surface area contributed by atoms with Gasteiger partial charge in [0.1, 0.15) is 0 Å². The molecule has 1 unspecified atom stereocenters. The highest BCUT2D eigenvalue weighted by molar-refractivity contribution is 6.08. The highest BCUT2D eigenvalue weighted by Crippen LogP contribution is 2.14. The van der Waals surface area contributed by atoms with E-state index in [1.54, 1.807) is 30.8 Å². The van der Waals surface area contributed by atoms with Gasteiger partial charge in [-0.05, 0) is 12.1 Å². The van der Waals surface area contributed by atoms with E-state index < -0.39 is 6.23 Å². The van der Waals surface area contributed by atoms with E-state index in [1.165, 1.54) is 5.01 Å². The molecule has 0 aliphatic carbocycles. The second-order valence-electron chi connectivity index (χ2n) is 3.42. The summed E-state index contributed by atoms with van der Waals surface area (Å²) in [4.78, 5) is 8.14. The molecule has 0 fully saturated rings.